The Hall–Kier alpha value is -3.22. The van der Waals surface area contributed by atoms with Crippen LogP contribution in [0.25, 0.3) is 0 Å². The molecular formula is C33H57NO12. The molecule has 13 heteroatoms. The van der Waals surface area contributed by atoms with Gasteiger partial charge in [0.2, 0.25) is 6.41 Å². The second-order valence-electron chi connectivity index (χ2n) is 11.2. The number of amides is 1. The molecule has 0 aromatic rings. The lowest BCUT2D eigenvalue weighted by atomic mass is 10.1. The normalized spacial score (nSPS) is 12.0. The summed E-state index contributed by atoms with van der Waals surface area (Å²) < 4.78 is 30.8. The summed E-state index contributed by atoms with van der Waals surface area (Å²) in [6, 6.07) is 0. The van der Waals surface area contributed by atoms with E-state index >= 15 is 0 Å². The second kappa shape index (κ2) is 30.4. The summed E-state index contributed by atoms with van der Waals surface area (Å²) in [6.45, 7) is 3.73. The molecule has 0 aliphatic heterocycles. The lowest BCUT2D eigenvalue weighted by Crippen LogP contribution is -2.33. The van der Waals surface area contributed by atoms with Crippen LogP contribution in [-0.2, 0) is 57.2 Å². The molecular weight excluding hydrogens is 602 g/mol. The molecule has 1 amide bonds. The van der Waals surface area contributed by atoms with Gasteiger partial charge in [-0.05, 0) is 12.8 Å². The van der Waals surface area contributed by atoms with Gasteiger partial charge in [-0.3, -0.25) is 28.8 Å². The number of esters is 4. The molecule has 0 aliphatic carbocycles. The largest absolute Gasteiger partial charge is 0.464 e. The van der Waals surface area contributed by atoms with Crippen LogP contribution in [0.15, 0.2) is 0 Å². The van der Waals surface area contributed by atoms with E-state index in [1.807, 2.05) is 0 Å². The predicted molar refractivity (Wildman–Crippen MR) is 168 cm³/mol. The number of ether oxygens (including phenoxy) is 6. The predicted octanol–water partition coefficient (Wildman–Crippen LogP) is 4.46. The smallest absolute Gasteiger partial charge is 0.308 e. The van der Waals surface area contributed by atoms with Crippen molar-refractivity contribution < 1.29 is 57.2 Å². The number of carbonyl (C=O) groups is 6. The van der Waals surface area contributed by atoms with Crippen LogP contribution in [0.5, 0.6) is 0 Å². The number of rotatable bonds is 32. The number of nitrogens with zero attached hydrogens (tertiary/aromatic N) is 1. The van der Waals surface area contributed by atoms with Crippen LogP contribution < -0.4 is 0 Å². The van der Waals surface area contributed by atoms with Gasteiger partial charge in [0, 0.05) is 33.0 Å². The molecule has 2 atom stereocenters. The molecule has 0 rings (SSSR count). The quantitative estimate of drug-likeness (QED) is 0.0432. The van der Waals surface area contributed by atoms with Gasteiger partial charge < -0.3 is 33.3 Å². The van der Waals surface area contributed by atoms with Crippen molar-refractivity contribution in [3.63, 3.8) is 0 Å². The molecule has 0 aromatic heterocycles. The first kappa shape index (κ1) is 42.8. The highest BCUT2D eigenvalue weighted by atomic mass is 16.6. The fraction of sp³-hybridized carbons (Fsp3) is 0.818. The first-order valence-corrected chi connectivity index (χ1v) is 16.7. The topological polar surface area (TPSA) is 161 Å². The minimum atomic E-state index is -0.997. The highest BCUT2D eigenvalue weighted by molar-refractivity contribution is 5.72. The number of unbranched alkanes of at least 4 members (excludes halogenated alkanes) is 10. The molecule has 0 fully saturated rings. The Balaban J connectivity index is 4.47. The molecule has 0 saturated carbocycles. The molecule has 0 aliphatic rings. The van der Waals surface area contributed by atoms with Crippen LogP contribution in [-0.4, -0.2) is 100 Å². The van der Waals surface area contributed by atoms with E-state index in [4.69, 9.17) is 23.7 Å². The summed E-state index contributed by atoms with van der Waals surface area (Å²) in [7, 11) is 1.43. The zero-order chi connectivity index (χ0) is 34.3. The van der Waals surface area contributed by atoms with E-state index in [9.17, 15) is 28.8 Å². The van der Waals surface area contributed by atoms with Gasteiger partial charge in [-0.15, -0.1) is 0 Å². The average molecular weight is 660 g/mol. The third kappa shape index (κ3) is 26.0. The van der Waals surface area contributed by atoms with Gasteiger partial charge >= 0.3 is 23.9 Å². The number of methoxy groups -OCH3 is 1. The van der Waals surface area contributed by atoms with E-state index in [0.717, 1.165) is 57.8 Å². The maximum atomic E-state index is 12.4. The highest BCUT2D eigenvalue weighted by Gasteiger charge is 2.20. The van der Waals surface area contributed by atoms with Gasteiger partial charge in [0.1, 0.15) is 19.8 Å². The molecule has 0 aromatic carbocycles. The minimum Gasteiger partial charge on any atom is -0.464 e. The van der Waals surface area contributed by atoms with Crippen molar-refractivity contribution in [1.82, 2.24) is 4.90 Å². The Kier molecular flexibility index (Phi) is 28.3. The molecule has 0 bridgehead atoms. The Morgan fingerprint density at radius 3 is 1.41 bits per heavy atom. The van der Waals surface area contributed by atoms with Crippen LogP contribution in [0, 0.1) is 0 Å². The number of hydrogen-bond donors (Lipinski definition) is 0. The van der Waals surface area contributed by atoms with Crippen molar-refractivity contribution in [3.8, 4) is 0 Å². The van der Waals surface area contributed by atoms with Gasteiger partial charge in [-0.1, -0.05) is 78.1 Å². The second-order valence-corrected chi connectivity index (χ2v) is 11.2. The number of carbonyl (C=O) groups excluding carboxylic acids is 6. The summed E-state index contributed by atoms with van der Waals surface area (Å²) in [4.78, 5) is 72.2. The van der Waals surface area contributed by atoms with E-state index in [0.29, 0.717) is 19.3 Å². The summed E-state index contributed by atoms with van der Waals surface area (Å²) in [5, 5.41) is 0. The molecule has 0 spiro atoms. The summed E-state index contributed by atoms with van der Waals surface area (Å²) in [5.41, 5.74) is 0. The van der Waals surface area contributed by atoms with Crippen molar-refractivity contribution in [2.75, 3.05) is 46.6 Å². The van der Waals surface area contributed by atoms with Gasteiger partial charge in [0.25, 0.3) is 6.47 Å². The molecule has 2 unspecified atom stereocenters. The summed E-state index contributed by atoms with van der Waals surface area (Å²) in [6.07, 6.45) is 11.3. The van der Waals surface area contributed by atoms with Crippen LogP contribution in [0.2, 0.25) is 0 Å². The van der Waals surface area contributed by atoms with Crippen molar-refractivity contribution in [2.45, 2.75) is 129 Å². The molecule has 46 heavy (non-hydrogen) atoms. The van der Waals surface area contributed by atoms with Crippen LogP contribution in [0.3, 0.4) is 0 Å². The van der Waals surface area contributed by atoms with E-state index in [1.165, 1.54) is 24.9 Å². The standard InChI is InChI=1S/C33H57NO12/c1-4-6-8-10-12-14-16-30(37)43-24-28(22-41-3)45-32(39)18-20-34(26-35)21-19-33(40)46-29(23-42-27-36)25-44-31(38)17-15-13-11-9-7-5-2/h26-29H,4-25H2,1-3H3. The fourth-order valence-corrected chi connectivity index (χ4v) is 4.36. The Morgan fingerprint density at radius 1 is 0.565 bits per heavy atom. The first-order valence-electron chi connectivity index (χ1n) is 16.7. The zero-order valence-corrected chi connectivity index (χ0v) is 28.2. The molecule has 266 valence electrons. The molecule has 0 saturated heterocycles. The fourth-order valence-electron chi connectivity index (χ4n) is 4.36. The van der Waals surface area contributed by atoms with Crippen LogP contribution in [0.1, 0.15) is 117 Å². The molecule has 0 radical (unpaired) electrons. The Bertz CT molecular complexity index is 837. The van der Waals surface area contributed by atoms with E-state index < -0.39 is 30.1 Å². The van der Waals surface area contributed by atoms with Crippen LogP contribution >= 0.6 is 0 Å². The third-order valence-electron chi connectivity index (χ3n) is 6.98. The minimum absolute atomic E-state index is 0.0269. The van der Waals surface area contributed by atoms with Crippen molar-refractivity contribution >= 4 is 36.8 Å². The maximum absolute atomic E-state index is 12.4. The summed E-state index contributed by atoms with van der Waals surface area (Å²) >= 11 is 0. The lowest BCUT2D eigenvalue weighted by molar-refractivity contribution is -0.164. The maximum Gasteiger partial charge on any atom is 0.308 e. The summed E-state index contributed by atoms with van der Waals surface area (Å²) in [5.74, 6) is -2.13. The Morgan fingerprint density at radius 2 is 1.00 bits per heavy atom. The van der Waals surface area contributed by atoms with Crippen molar-refractivity contribution in [3.05, 3.63) is 0 Å². The van der Waals surface area contributed by atoms with Crippen molar-refractivity contribution in [2.24, 2.45) is 0 Å². The molecule has 0 heterocycles. The average Bonchev–Trinajstić information content (AvgIpc) is 3.04. The van der Waals surface area contributed by atoms with Gasteiger partial charge in [-0.2, -0.15) is 0 Å². The Labute approximate surface area is 274 Å². The van der Waals surface area contributed by atoms with Gasteiger partial charge in [-0.25, -0.2) is 0 Å². The van der Waals surface area contributed by atoms with Gasteiger partial charge in [0.05, 0.1) is 19.4 Å². The van der Waals surface area contributed by atoms with E-state index in [-0.39, 0.29) is 71.2 Å². The van der Waals surface area contributed by atoms with Gasteiger partial charge in [0.15, 0.2) is 12.2 Å². The van der Waals surface area contributed by atoms with E-state index in [1.54, 1.807) is 0 Å². The monoisotopic (exact) mass is 659 g/mol. The highest BCUT2D eigenvalue weighted by Crippen LogP contribution is 2.10. The first-order chi connectivity index (χ1) is 22.3. The SMILES string of the molecule is CCCCCCCCC(=O)OCC(COC)OC(=O)CCN(C=O)CCC(=O)OC(COC=O)COC(=O)CCCCCCCC. The molecule has 13 nitrogen and oxygen atoms in total. The third-order valence-corrected chi connectivity index (χ3v) is 6.98. The van der Waals surface area contributed by atoms with E-state index in [2.05, 4.69) is 18.6 Å². The zero-order valence-electron chi connectivity index (χ0n) is 28.2. The number of hydrogen-bond acceptors (Lipinski definition) is 12. The lowest BCUT2D eigenvalue weighted by Gasteiger charge is -2.20. The molecule has 0 N–H and O–H groups in total. The van der Waals surface area contributed by atoms with Crippen LogP contribution in [0.4, 0.5) is 0 Å². The van der Waals surface area contributed by atoms with Crippen molar-refractivity contribution in [1.29, 1.82) is 0 Å².